The molecule has 21 heavy (non-hydrogen) atoms. The van der Waals surface area contributed by atoms with Crippen LogP contribution in [0.3, 0.4) is 0 Å². The minimum absolute atomic E-state index is 0.0674. The number of benzene rings is 1. The molecule has 1 N–H and O–H groups in total. The number of carbonyl (C=O) groups is 1. The summed E-state index contributed by atoms with van der Waals surface area (Å²) < 4.78 is 1.82. The molecule has 4 rings (SSSR count). The zero-order chi connectivity index (χ0) is 14.2. The van der Waals surface area contributed by atoms with Crippen molar-refractivity contribution in [2.24, 2.45) is 5.92 Å². The number of hydrogen-bond donors (Lipinski definition) is 1. The van der Waals surface area contributed by atoms with Crippen LogP contribution in [0.2, 0.25) is 0 Å². The molecule has 0 unspecified atom stereocenters. The van der Waals surface area contributed by atoms with E-state index >= 15 is 0 Å². The molecule has 5 nitrogen and oxygen atoms in total. The van der Waals surface area contributed by atoms with E-state index in [9.17, 15) is 4.79 Å². The third kappa shape index (κ3) is 2.16. The van der Waals surface area contributed by atoms with E-state index in [0.717, 1.165) is 24.1 Å². The number of fused-ring (bicyclic) bond motifs is 1. The predicted molar refractivity (Wildman–Crippen MR) is 79.8 cm³/mol. The number of hydrogen-bond acceptors (Lipinski definition) is 3. The molecule has 1 saturated carbocycles. The lowest BCUT2D eigenvalue weighted by Gasteiger charge is -2.06. The maximum atomic E-state index is 12.1. The van der Waals surface area contributed by atoms with Crippen LogP contribution < -0.4 is 5.32 Å². The highest BCUT2D eigenvalue weighted by atomic mass is 16.2. The van der Waals surface area contributed by atoms with Crippen molar-refractivity contribution in [1.29, 1.82) is 0 Å². The summed E-state index contributed by atoms with van der Waals surface area (Å²) in [6, 6.07) is 11.7. The number of nitrogens with one attached hydrogen (secondary N) is 1. The molecule has 3 aromatic rings. The summed E-state index contributed by atoms with van der Waals surface area (Å²) in [6.45, 7) is 0. The molecule has 5 heteroatoms. The largest absolute Gasteiger partial charge is 0.310 e. The summed E-state index contributed by atoms with van der Waals surface area (Å²) in [7, 11) is 0. The normalized spacial score (nSPS) is 14.3. The van der Waals surface area contributed by atoms with E-state index < -0.39 is 0 Å². The van der Waals surface area contributed by atoms with Crippen LogP contribution in [-0.4, -0.2) is 20.3 Å². The Morgan fingerprint density at radius 3 is 2.76 bits per heavy atom. The first-order chi connectivity index (χ1) is 10.3. The van der Waals surface area contributed by atoms with Gasteiger partial charge in [-0.15, -0.1) is 0 Å². The van der Waals surface area contributed by atoms with Crippen LogP contribution in [0.25, 0.3) is 17.0 Å². The number of nitrogens with zero attached hydrogens (tertiary/aromatic N) is 3. The van der Waals surface area contributed by atoms with E-state index in [1.165, 1.54) is 0 Å². The van der Waals surface area contributed by atoms with Crippen molar-refractivity contribution >= 4 is 17.5 Å². The Labute approximate surface area is 121 Å². The second-order valence-corrected chi connectivity index (χ2v) is 5.23. The van der Waals surface area contributed by atoms with Gasteiger partial charge in [-0.25, -0.2) is 9.97 Å². The van der Waals surface area contributed by atoms with Crippen LogP contribution >= 0.6 is 0 Å². The van der Waals surface area contributed by atoms with Gasteiger partial charge in [0.1, 0.15) is 11.5 Å². The Morgan fingerprint density at radius 1 is 1.19 bits per heavy atom. The molecule has 2 aromatic heterocycles. The number of rotatable bonds is 3. The first-order valence-corrected chi connectivity index (χ1v) is 7.02. The molecule has 0 spiro atoms. The van der Waals surface area contributed by atoms with E-state index in [1.54, 1.807) is 6.20 Å². The van der Waals surface area contributed by atoms with Gasteiger partial charge >= 0.3 is 0 Å². The van der Waals surface area contributed by atoms with Crippen LogP contribution in [0, 0.1) is 5.92 Å². The monoisotopic (exact) mass is 278 g/mol. The quantitative estimate of drug-likeness (QED) is 0.801. The summed E-state index contributed by atoms with van der Waals surface area (Å²) in [5, 5.41) is 3.02. The van der Waals surface area contributed by atoms with Crippen molar-refractivity contribution in [3.63, 3.8) is 0 Å². The molecule has 0 atom stereocenters. The molecular weight excluding hydrogens is 264 g/mol. The van der Waals surface area contributed by atoms with Gasteiger partial charge in [0, 0.05) is 23.9 Å². The molecule has 1 aliphatic rings. The van der Waals surface area contributed by atoms with E-state index in [-0.39, 0.29) is 11.8 Å². The summed E-state index contributed by atoms with van der Waals surface area (Å²) in [5.74, 6) is 1.50. The second kappa shape index (κ2) is 4.70. The molecule has 1 aliphatic carbocycles. The summed E-state index contributed by atoms with van der Waals surface area (Å²) >= 11 is 0. The molecule has 0 radical (unpaired) electrons. The van der Waals surface area contributed by atoms with Gasteiger partial charge < -0.3 is 5.32 Å². The van der Waals surface area contributed by atoms with E-state index in [1.807, 2.05) is 47.0 Å². The van der Waals surface area contributed by atoms with Crippen molar-refractivity contribution < 1.29 is 4.79 Å². The smallest absolute Gasteiger partial charge is 0.235 e. The Balaban J connectivity index is 1.86. The fourth-order valence-corrected chi connectivity index (χ4v) is 2.37. The number of carbonyl (C=O) groups excluding carboxylic acids is 1. The van der Waals surface area contributed by atoms with Crippen molar-refractivity contribution in [3.05, 3.63) is 48.8 Å². The zero-order valence-corrected chi connectivity index (χ0v) is 11.4. The maximum absolute atomic E-state index is 12.1. The van der Waals surface area contributed by atoms with Gasteiger partial charge in [-0.1, -0.05) is 30.3 Å². The lowest BCUT2D eigenvalue weighted by Crippen LogP contribution is -2.15. The summed E-state index contributed by atoms with van der Waals surface area (Å²) in [6.07, 6.45) is 5.51. The number of aromatic nitrogens is 3. The standard InChI is InChI=1S/C16H14N4O/c21-15(12-7-8-12)19-14-13(11-5-2-1-3-6-11)18-16-17-9-4-10-20(14)16/h1-6,9-10,12H,7-8H2,(H,19,21). The van der Waals surface area contributed by atoms with Crippen LogP contribution in [0.5, 0.6) is 0 Å². The van der Waals surface area contributed by atoms with Crippen molar-refractivity contribution in [2.75, 3.05) is 5.32 Å². The number of anilines is 1. The average Bonchev–Trinajstić information content (AvgIpc) is 3.32. The molecule has 1 aromatic carbocycles. The fourth-order valence-electron chi connectivity index (χ4n) is 2.37. The van der Waals surface area contributed by atoms with Crippen molar-refractivity contribution in [1.82, 2.24) is 14.4 Å². The Bertz CT molecular complexity index is 806. The van der Waals surface area contributed by atoms with Crippen molar-refractivity contribution in [3.8, 4) is 11.3 Å². The highest BCUT2D eigenvalue weighted by Crippen LogP contribution is 2.33. The minimum atomic E-state index is 0.0674. The van der Waals surface area contributed by atoms with Gasteiger partial charge in [-0.05, 0) is 18.9 Å². The lowest BCUT2D eigenvalue weighted by molar-refractivity contribution is -0.117. The van der Waals surface area contributed by atoms with Crippen LogP contribution in [0.15, 0.2) is 48.8 Å². The van der Waals surface area contributed by atoms with Crippen molar-refractivity contribution in [2.45, 2.75) is 12.8 Å². The van der Waals surface area contributed by atoms with Gasteiger partial charge in [0.15, 0.2) is 0 Å². The first kappa shape index (κ1) is 12.1. The van der Waals surface area contributed by atoms with E-state index in [2.05, 4.69) is 15.3 Å². The highest BCUT2D eigenvalue weighted by molar-refractivity contribution is 5.96. The number of amides is 1. The summed E-state index contributed by atoms with van der Waals surface area (Å²) in [5.41, 5.74) is 1.72. The third-order valence-electron chi connectivity index (χ3n) is 3.64. The topological polar surface area (TPSA) is 59.3 Å². The molecular formula is C16H14N4O. The van der Waals surface area contributed by atoms with Crippen LogP contribution in [-0.2, 0) is 4.79 Å². The lowest BCUT2D eigenvalue weighted by atomic mass is 10.1. The highest BCUT2D eigenvalue weighted by Gasteiger charge is 2.31. The zero-order valence-electron chi connectivity index (χ0n) is 11.4. The Hall–Kier alpha value is -2.69. The predicted octanol–water partition coefficient (Wildman–Crippen LogP) is 2.74. The van der Waals surface area contributed by atoms with Gasteiger partial charge in [0.2, 0.25) is 11.7 Å². The Morgan fingerprint density at radius 2 is 2.00 bits per heavy atom. The Kier molecular flexibility index (Phi) is 2.70. The molecule has 0 bridgehead atoms. The third-order valence-corrected chi connectivity index (χ3v) is 3.64. The number of imidazole rings is 1. The second-order valence-electron chi connectivity index (χ2n) is 5.23. The van der Waals surface area contributed by atoms with Gasteiger partial charge in [-0.2, -0.15) is 0 Å². The molecule has 0 saturated heterocycles. The van der Waals surface area contributed by atoms with E-state index in [0.29, 0.717) is 11.6 Å². The molecule has 2 heterocycles. The molecule has 1 amide bonds. The molecule has 104 valence electrons. The first-order valence-electron chi connectivity index (χ1n) is 7.02. The van der Waals surface area contributed by atoms with Gasteiger partial charge in [-0.3, -0.25) is 9.20 Å². The maximum Gasteiger partial charge on any atom is 0.235 e. The van der Waals surface area contributed by atoms with Gasteiger partial charge in [0.05, 0.1) is 0 Å². The molecule has 1 fully saturated rings. The SMILES string of the molecule is O=C(Nc1c(-c2ccccc2)nc2ncccn12)C1CC1. The minimum Gasteiger partial charge on any atom is -0.310 e. The van der Waals surface area contributed by atoms with Gasteiger partial charge in [0.25, 0.3) is 0 Å². The molecule has 0 aliphatic heterocycles. The van der Waals surface area contributed by atoms with E-state index in [4.69, 9.17) is 0 Å². The van der Waals surface area contributed by atoms with Crippen LogP contribution in [0.4, 0.5) is 5.82 Å². The average molecular weight is 278 g/mol. The summed E-state index contributed by atoms with van der Waals surface area (Å²) in [4.78, 5) is 20.9. The van der Waals surface area contributed by atoms with Crippen LogP contribution in [0.1, 0.15) is 12.8 Å². The fraction of sp³-hybridized carbons (Fsp3) is 0.188.